The van der Waals surface area contributed by atoms with E-state index in [2.05, 4.69) is 15.5 Å². The van der Waals surface area contributed by atoms with Gasteiger partial charge in [-0.3, -0.25) is 14.9 Å². The van der Waals surface area contributed by atoms with Crippen molar-refractivity contribution in [3.8, 4) is 23.0 Å². The lowest BCUT2D eigenvalue weighted by atomic mass is 10.2. The Hall–Kier alpha value is -3.60. The normalized spacial score (nSPS) is 10.4. The van der Waals surface area contributed by atoms with E-state index >= 15 is 0 Å². The number of carbonyl (C=O) groups is 1. The number of anilines is 1. The minimum absolute atomic E-state index is 0.00818. The number of ether oxygens (including phenoxy) is 2. The maximum absolute atomic E-state index is 12.1. The number of nitro benzene ring substituents is 1. The molecule has 150 valence electrons. The molecule has 11 heteroatoms. The molecule has 1 amide bonds. The molecule has 0 aliphatic heterocycles. The third-order valence-electron chi connectivity index (χ3n) is 3.67. The largest absolute Gasteiger partial charge is 0.497 e. The third kappa shape index (κ3) is 5.23. The first-order valence-electron chi connectivity index (χ1n) is 8.22. The van der Waals surface area contributed by atoms with E-state index in [4.69, 9.17) is 13.9 Å². The highest BCUT2D eigenvalue weighted by Gasteiger charge is 2.14. The van der Waals surface area contributed by atoms with Crippen molar-refractivity contribution in [3.63, 3.8) is 0 Å². The van der Waals surface area contributed by atoms with Crippen molar-refractivity contribution >= 4 is 29.0 Å². The SMILES string of the molecule is COc1cc(OC)cc(-c2nnc(SCC(=O)Nc3cccc([N+](=O)[O-])c3)o2)c1. The van der Waals surface area contributed by atoms with Crippen LogP contribution in [0.5, 0.6) is 11.5 Å². The van der Waals surface area contributed by atoms with Crippen LogP contribution in [-0.2, 0) is 4.79 Å². The van der Waals surface area contributed by atoms with Gasteiger partial charge in [-0.1, -0.05) is 17.8 Å². The molecule has 2 aromatic carbocycles. The van der Waals surface area contributed by atoms with E-state index in [0.717, 1.165) is 11.8 Å². The number of nitrogens with one attached hydrogen (secondary N) is 1. The van der Waals surface area contributed by atoms with Crippen LogP contribution in [0.1, 0.15) is 0 Å². The number of amides is 1. The Morgan fingerprint density at radius 3 is 2.55 bits per heavy atom. The minimum atomic E-state index is -0.530. The average molecular weight is 416 g/mol. The number of aromatic nitrogens is 2. The summed E-state index contributed by atoms with van der Waals surface area (Å²) in [6.45, 7) is 0. The second-order valence-electron chi connectivity index (χ2n) is 5.62. The number of thioether (sulfide) groups is 1. The van der Waals surface area contributed by atoms with Gasteiger partial charge in [-0.25, -0.2) is 0 Å². The van der Waals surface area contributed by atoms with Crippen LogP contribution in [0.4, 0.5) is 11.4 Å². The van der Waals surface area contributed by atoms with E-state index in [1.54, 1.807) is 24.3 Å². The quantitative estimate of drug-likeness (QED) is 0.333. The van der Waals surface area contributed by atoms with E-state index in [1.165, 1.54) is 32.4 Å². The van der Waals surface area contributed by atoms with Crippen LogP contribution in [0.2, 0.25) is 0 Å². The Morgan fingerprint density at radius 1 is 1.17 bits per heavy atom. The molecule has 1 heterocycles. The summed E-state index contributed by atoms with van der Waals surface area (Å²) < 4.78 is 16.0. The first kappa shape index (κ1) is 20.1. The number of hydrogen-bond donors (Lipinski definition) is 1. The summed E-state index contributed by atoms with van der Waals surface area (Å²) in [5.41, 5.74) is 0.840. The molecule has 0 saturated heterocycles. The molecule has 0 aliphatic carbocycles. The first-order chi connectivity index (χ1) is 14.0. The molecule has 1 N–H and O–H groups in total. The molecule has 10 nitrogen and oxygen atoms in total. The zero-order valence-corrected chi connectivity index (χ0v) is 16.3. The fourth-order valence-corrected chi connectivity index (χ4v) is 2.90. The number of nitro groups is 1. The summed E-state index contributed by atoms with van der Waals surface area (Å²) in [4.78, 5) is 22.4. The van der Waals surface area contributed by atoms with Gasteiger partial charge in [0, 0.05) is 29.4 Å². The van der Waals surface area contributed by atoms with Crippen LogP contribution in [0, 0.1) is 10.1 Å². The highest BCUT2D eigenvalue weighted by Crippen LogP contribution is 2.30. The molecule has 0 aliphatic rings. The molecular weight excluding hydrogens is 400 g/mol. The molecule has 0 fully saturated rings. The summed E-state index contributed by atoms with van der Waals surface area (Å²) >= 11 is 1.04. The number of carbonyl (C=O) groups excluding carboxylic acids is 1. The number of non-ortho nitro benzene ring substituents is 1. The molecule has 0 unspecified atom stereocenters. The highest BCUT2D eigenvalue weighted by molar-refractivity contribution is 7.99. The van der Waals surface area contributed by atoms with E-state index in [9.17, 15) is 14.9 Å². The summed E-state index contributed by atoms with van der Waals surface area (Å²) in [5.74, 6) is 1.03. The summed E-state index contributed by atoms with van der Waals surface area (Å²) in [5, 5.41) is 21.5. The van der Waals surface area contributed by atoms with Gasteiger partial charge >= 0.3 is 0 Å². The third-order valence-corrected chi connectivity index (χ3v) is 4.49. The number of rotatable bonds is 8. The van der Waals surface area contributed by atoms with Crippen molar-refractivity contribution in [1.82, 2.24) is 10.2 Å². The van der Waals surface area contributed by atoms with Crippen molar-refractivity contribution < 1.29 is 23.6 Å². The zero-order chi connectivity index (χ0) is 20.8. The summed E-state index contributed by atoms with van der Waals surface area (Å²) in [6.07, 6.45) is 0. The van der Waals surface area contributed by atoms with E-state index in [1.807, 2.05) is 0 Å². The number of hydrogen-bond acceptors (Lipinski definition) is 9. The Balaban J connectivity index is 1.63. The molecule has 3 rings (SSSR count). The lowest BCUT2D eigenvalue weighted by Crippen LogP contribution is -2.14. The molecule has 1 aromatic heterocycles. The maximum Gasteiger partial charge on any atom is 0.277 e. The van der Waals surface area contributed by atoms with Gasteiger partial charge in [0.05, 0.1) is 24.9 Å². The van der Waals surface area contributed by atoms with E-state index in [-0.39, 0.29) is 28.5 Å². The van der Waals surface area contributed by atoms with Gasteiger partial charge in [-0.15, -0.1) is 10.2 Å². The van der Waals surface area contributed by atoms with Crippen LogP contribution in [-0.4, -0.2) is 41.0 Å². The van der Waals surface area contributed by atoms with Gasteiger partial charge in [-0.2, -0.15) is 0 Å². The Morgan fingerprint density at radius 2 is 1.90 bits per heavy atom. The first-order valence-corrected chi connectivity index (χ1v) is 9.21. The average Bonchev–Trinajstić information content (AvgIpc) is 3.21. The number of methoxy groups -OCH3 is 2. The zero-order valence-electron chi connectivity index (χ0n) is 15.4. The monoisotopic (exact) mass is 416 g/mol. The molecular formula is C18H16N4O6S. The molecule has 0 bridgehead atoms. The smallest absolute Gasteiger partial charge is 0.277 e. The predicted molar refractivity (Wildman–Crippen MR) is 105 cm³/mol. The summed E-state index contributed by atoms with van der Waals surface area (Å²) in [7, 11) is 3.07. The molecule has 0 spiro atoms. The summed E-state index contributed by atoms with van der Waals surface area (Å²) in [6, 6.07) is 10.8. The van der Waals surface area contributed by atoms with Crippen LogP contribution in [0.25, 0.3) is 11.5 Å². The lowest BCUT2D eigenvalue weighted by molar-refractivity contribution is -0.384. The van der Waals surface area contributed by atoms with Crippen molar-refractivity contribution in [2.45, 2.75) is 5.22 Å². The molecule has 29 heavy (non-hydrogen) atoms. The molecule has 0 radical (unpaired) electrons. The van der Waals surface area contributed by atoms with Crippen LogP contribution in [0.3, 0.4) is 0 Å². The standard InChI is InChI=1S/C18H16N4O6S/c1-26-14-6-11(7-15(9-14)27-2)17-20-21-18(28-17)29-10-16(23)19-12-4-3-5-13(8-12)22(24)25/h3-9H,10H2,1-2H3,(H,19,23). The second kappa shape index (κ2) is 9.06. The van der Waals surface area contributed by atoms with Crippen molar-refractivity contribution in [3.05, 3.63) is 52.6 Å². The van der Waals surface area contributed by atoms with Crippen LogP contribution in [0.15, 0.2) is 52.1 Å². The maximum atomic E-state index is 12.1. The van der Waals surface area contributed by atoms with Gasteiger partial charge in [-0.05, 0) is 18.2 Å². The number of benzene rings is 2. The highest BCUT2D eigenvalue weighted by atomic mass is 32.2. The van der Waals surface area contributed by atoms with E-state index < -0.39 is 4.92 Å². The fraction of sp³-hybridized carbons (Fsp3) is 0.167. The van der Waals surface area contributed by atoms with Gasteiger partial charge in [0.15, 0.2) is 0 Å². The lowest BCUT2D eigenvalue weighted by Gasteiger charge is -2.05. The van der Waals surface area contributed by atoms with Gasteiger partial charge in [0.25, 0.3) is 10.9 Å². The molecule has 3 aromatic rings. The number of nitrogens with zero attached hydrogens (tertiary/aromatic N) is 3. The predicted octanol–water partition coefficient (Wildman–Crippen LogP) is 3.39. The van der Waals surface area contributed by atoms with Gasteiger partial charge in [0.2, 0.25) is 11.8 Å². The van der Waals surface area contributed by atoms with Crippen LogP contribution >= 0.6 is 11.8 Å². The van der Waals surface area contributed by atoms with Crippen molar-refractivity contribution in [2.75, 3.05) is 25.3 Å². The van der Waals surface area contributed by atoms with Crippen LogP contribution < -0.4 is 14.8 Å². The van der Waals surface area contributed by atoms with Gasteiger partial charge < -0.3 is 19.2 Å². The Bertz CT molecular complexity index is 1020. The molecule has 0 saturated carbocycles. The fourth-order valence-electron chi connectivity index (χ4n) is 2.34. The topological polar surface area (TPSA) is 130 Å². The van der Waals surface area contributed by atoms with Gasteiger partial charge in [0.1, 0.15) is 11.5 Å². The van der Waals surface area contributed by atoms with Crippen molar-refractivity contribution in [1.29, 1.82) is 0 Å². The molecule has 0 atom stereocenters. The second-order valence-corrected chi connectivity index (χ2v) is 6.55. The van der Waals surface area contributed by atoms with E-state index in [0.29, 0.717) is 22.7 Å². The minimum Gasteiger partial charge on any atom is -0.497 e. The Kier molecular flexibility index (Phi) is 6.29. The Labute approximate surface area is 169 Å². The van der Waals surface area contributed by atoms with Crippen molar-refractivity contribution in [2.24, 2.45) is 0 Å².